The minimum atomic E-state index is -5.15. The third-order valence-electron chi connectivity index (χ3n) is 6.57. The van der Waals surface area contributed by atoms with E-state index in [1.807, 2.05) is 0 Å². The van der Waals surface area contributed by atoms with E-state index in [2.05, 4.69) is 5.32 Å². The number of aryl methyl sites for hydroxylation is 1. The van der Waals surface area contributed by atoms with Gasteiger partial charge < -0.3 is 21.1 Å². The molecule has 4 amide bonds. The molecule has 220 valence electrons. The first-order valence-electron chi connectivity index (χ1n) is 12.0. The van der Waals surface area contributed by atoms with E-state index in [0.29, 0.717) is 0 Å². The van der Waals surface area contributed by atoms with Crippen LogP contribution in [0.2, 0.25) is 0 Å². The van der Waals surface area contributed by atoms with Crippen molar-refractivity contribution in [2.45, 2.75) is 54.3 Å². The molecule has 2 aliphatic rings. The molecule has 17 heteroatoms. The van der Waals surface area contributed by atoms with Crippen LogP contribution in [0.15, 0.2) is 53.4 Å². The quantitative estimate of drug-likeness (QED) is 0.279. The Morgan fingerprint density at radius 3 is 2.29 bits per heavy atom. The van der Waals surface area contributed by atoms with Crippen LogP contribution in [0.1, 0.15) is 25.0 Å². The van der Waals surface area contributed by atoms with Crippen molar-refractivity contribution in [2.75, 3.05) is 3.71 Å². The van der Waals surface area contributed by atoms with Crippen molar-refractivity contribution in [3.63, 3.8) is 0 Å². The number of carbonyl (C=O) groups is 4. The van der Waals surface area contributed by atoms with Gasteiger partial charge in [-0.3, -0.25) is 9.59 Å². The minimum absolute atomic E-state index is 0.00125. The largest absolute Gasteiger partial charge is 0.480 e. The zero-order valence-corrected chi connectivity index (χ0v) is 24.4. The number of thioether (sulfide) groups is 1. The van der Waals surface area contributed by atoms with Crippen LogP contribution in [-0.4, -0.2) is 72.9 Å². The van der Waals surface area contributed by atoms with Gasteiger partial charge in [0.2, 0.25) is 11.8 Å². The van der Waals surface area contributed by atoms with Crippen LogP contribution >= 0.6 is 11.8 Å². The number of hydrogen-bond donors (Lipinski definition) is 4. The van der Waals surface area contributed by atoms with E-state index in [1.165, 1.54) is 64.7 Å². The Morgan fingerprint density at radius 1 is 1.07 bits per heavy atom. The molecule has 0 aliphatic carbocycles. The monoisotopic (exact) mass is 625 g/mol. The van der Waals surface area contributed by atoms with E-state index < -0.39 is 78.4 Å². The maximum atomic E-state index is 13.7. The zero-order valence-electron chi connectivity index (χ0n) is 22.0. The van der Waals surface area contributed by atoms with Crippen LogP contribution in [0.25, 0.3) is 0 Å². The molecular formula is C24H27N5O9S3. The van der Waals surface area contributed by atoms with E-state index in [0.717, 1.165) is 6.07 Å². The molecule has 4 rings (SSSR count). The number of nitrogens with two attached hydrogens (primary N) is 1. The van der Waals surface area contributed by atoms with Crippen molar-refractivity contribution in [1.82, 2.24) is 14.9 Å². The van der Waals surface area contributed by atoms with Gasteiger partial charge in [-0.2, -0.15) is 16.8 Å². The number of sulfonamides is 1. The lowest BCUT2D eigenvalue weighted by Crippen LogP contribution is -2.70. The first-order chi connectivity index (χ1) is 19.0. The number of primary amides is 1. The first-order valence-corrected chi connectivity index (χ1v) is 15.8. The number of fused-ring (bicyclic) bond motifs is 1. The van der Waals surface area contributed by atoms with Crippen molar-refractivity contribution in [1.29, 1.82) is 0 Å². The normalized spacial score (nSPS) is 21.4. The van der Waals surface area contributed by atoms with E-state index in [-0.39, 0.29) is 19.7 Å². The van der Waals surface area contributed by atoms with Gasteiger partial charge >= 0.3 is 22.2 Å². The molecule has 5 N–H and O–H groups in total. The number of aliphatic carboxylic acids is 1. The van der Waals surface area contributed by atoms with Gasteiger partial charge in [-0.15, -0.1) is 15.5 Å². The highest BCUT2D eigenvalue weighted by Gasteiger charge is 2.64. The van der Waals surface area contributed by atoms with E-state index in [4.69, 9.17) is 5.73 Å². The molecule has 0 spiro atoms. The lowest BCUT2D eigenvalue weighted by Gasteiger charge is -2.43. The zero-order chi connectivity index (χ0) is 30.5. The Kier molecular flexibility index (Phi) is 7.74. The van der Waals surface area contributed by atoms with Gasteiger partial charge in [0, 0.05) is 4.75 Å². The Hall–Kier alpha value is -3.83. The molecule has 0 bridgehead atoms. The molecule has 14 nitrogen and oxygen atoms in total. The SMILES string of the molecule is Cc1ccccc1S(=O)(=O)N(c1ccccc1CC(=O)NC1C(=O)N2[C@@H]1SC(C)(C)[C@@H]2C(=O)O)S(=O)(=O)NC(N)=O. The summed E-state index contributed by atoms with van der Waals surface area (Å²) in [5.74, 6) is -2.50. The van der Waals surface area contributed by atoms with Gasteiger partial charge in [-0.1, -0.05) is 36.4 Å². The van der Waals surface area contributed by atoms with Crippen molar-refractivity contribution in [3.05, 3.63) is 59.7 Å². The highest BCUT2D eigenvalue weighted by molar-refractivity contribution is 8.09. The summed E-state index contributed by atoms with van der Waals surface area (Å²) in [5, 5.41) is 11.5. The summed E-state index contributed by atoms with van der Waals surface area (Å²) in [7, 11) is -10.0. The number of hydrogen-bond acceptors (Lipinski definition) is 9. The van der Waals surface area contributed by atoms with Crippen LogP contribution in [0, 0.1) is 6.92 Å². The summed E-state index contributed by atoms with van der Waals surface area (Å²) >= 11 is 1.22. The van der Waals surface area contributed by atoms with Crippen molar-refractivity contribution in [2.24, 2.45) is 5.73 Å². The molecule has 1 unspecified atom stereocenters. The number of nitrogens with one attached hydrogen (secondary N) is 2. The molecule has 0 saturated carbocycles. The van der Waals surface area contributed by atoms with Gasteiger partial charge in [-0.25, -0.2) is 14.3 Å². The van der Waals surface area contributed by atoms with E-state index in [9.17, 15) is 41.1 Å². The van der Waals surface area contributed by atoms with Crippen molar-refractivity contribution in [3.8, 4) is 0 Å². The molecule has 3 atom stereocenters. The summed E-state index contributed by atoms with van der Waals surface area (Å²) in [4.78, 5) is 49.9. The number of urea groups is 1. The Labute approximate surface area is 240 Å². The molecule has 2 aliphatic heterocycles. The average Bonchev–Trinajstić information content (AvgIpc) is 3.10. The number of amides is 4. The highest BCUT2D eigenvalue weighted by Crippen LogP contribution is 2.50. The fraction of sp³-hybridized carbons (Fsp3) is 0.333. The summed E-state index contributed by atoms with van der Waals surface area (Å²) < 4.78 is 54.5. The number of para-hydroxylation sites is 1. The molecule has 2 fully saturated rings. The minimum Gasteiger partial charge on any atom is -0.480 e. The lowest BCUT2D eigenvalue weighted by molar-refractivity contribution is -0.161. The summed E-state index contributed by atoms with van der Waals surface area (Å²) in [6.45, 7) is 4.82. The Morgan fingerprint density at radius 2 is 1.68 bits per heavy atom. The highest BCUT2D eigenvalue weighted by atomic mass is 32.3. The van der Waals surface area contributed by atoms with Crippen LogP contribution < -0.4 is 19.5 Å². The van der Waals surface area contributed by atoms with Crippen LogP contribution in [0.5, 0.6) is 0 Å². The smallest absolute Gasteiger partial charge is 0.341 e. The summed E-state index contributed by atoms with van der Waals surface area (Å²) in [5.41, 5.74) is 4.71. The molecule has 41 heavy (non-hydrogen) atoms. The van der Waals surface area contributed by atoms with Crippen molar-refractivity contribution >= 4 is 61.5 Å². The topological polar surface area (TPSA) is 213 Å². The first kappa shape index (κ1) is 30.1. The van der Waals surface area contributed by atoms with Crippen molar-refractivity contribution < 1.29 is 41.1 Å². The van der Waals surface area contributed by atoms with Gasteiger partial charge in [-0.05, 0) is 44.0 Å². The number of rotatable bonds is 9. The number of carboxylic acid groups (broad SMARTS) is 1. The van der Waals surface area contributed by atoms with Crippen LogP contribution in [0.4, 0.5) is 10.5 Å². The van der Waals surface area contributed by atoms with Gasteiger partial charge in [0.05, 0.1) is 17.0 Å². The second-order valence-electron chi connectivity index (χ2n) is 9.89. The Balaban J connectivity index is 1.67. The molecule has 2 saturated heterocycles. The van der Waals surface area contributed by atoms with Crippen LogP contribution in [0.3, 0.4) is 0 Å². The Bertz CT molecular complexity index is 1660. The third kappa shape index (κ3) is 5.43. The molecular weight excluding hydrogens is 598 g/mol. The molecule has 0 radical (unpaired) electrons. The predicted octanol–water partition coefficient (Wildman–Crippen LogP) is 0.278. The average molecular weight is 626 g/mol. The fourth-order valence-electron chi connectivity index (χ4n) is 4.87. The second-order valence-corrected chi connectivity index (χ2v) is 15.2. The summed E-state index contributed by atoms with van der Waals surface area (Å²) in [6.07, 6.45) is -0.561. The number of β-lactam (4-membered cyclic amide) rings is 1. The molecule has 0 aromatic heterocycles. The number of benzene rings is 2. The number of nitrogens with zero attached hydrogens (tertiary/aromatic N) is 2. The second kappa shape index (κ2) is 10.5. The molecule has 2 aromatic rings. The van der Waals surface area contributed by atoms with E-state index >= 15 is 0 Å². The molecule has 2 heterocycles. The maximum Gasteiger partial charge on any atom is 0.341 e. The third-order valence-corrected chi connectivity index (χ3v) is 12.1. The maximum absolute atomic E-state index is 13.7. The summed E-state index contributed by atoms with van der Waals surface area (Å²) in [6, 6.07) is 7.18. The van der Waals surface area contributed by atoms with Gasteiger partial charge in [0.25, 0.3) is 10.0 Å². The lowest BCUT2D eigenvalue weighted by atomic mass is 9.96. The number of carboxylic acids is 1. The fourth-order valence-corrected chi connectivity index (χ4v) is 10.0. The van der Waals surface area contributed by atoms with Crippen LogP contribution in [-0.2, 0) is 41.0 Å². The number of carbonyl (C=O) groups excluding carboxylic acids is 3. The number of anilines is 1. The molecule has 2 aromatic carbocycles. The van der Waals surface area contributed by atoms with Gasteiger partial charge in [0.1, 0.15) is 17.5 Å². The standard InChI is InChI=1S/C24H27N5O9S3/c1-13-8-4-7-11-16(13)40(35,36)29(41(37,38)27-23(25)34)15-10-6-5-9-14(15)12-17(30)26-18-20(31)28-19(22(32)33)24(2,3)39-21(18)28/h4-11,18-19,21H,12H2,1-3H3,(H,26,30)(H,32,33)(H3,25,27,34)/t18?,19-,21+/m0/s1. The predicted molar refractivity (Wildman–Crippen MR) is 148 cm³/mol. The van der Waals surface area contributed by atoms with Gasteiger partial charge in [0.15, 0.2) is 0 Å². The van der Waals surface area contributed by atoms with E-state index in [1.54, 1.807) is 19.9 Å².